The van der Waals surface area contributed by atoms with Gasteiger partial charge in [0.05, 0.1) is 18.7 Å². The van der Waals surface area contributed by atoms with Crippen LogP contribution in [0.3, 0.4) is 0 Å². The van der Waals surface area contributed by atoms with Gasteiger partial charge in [-0.05, 0) is 83.0 Å². The van der Waals surface area contributed by atoms with Crippen molar-refractivity contribution >= 4 is 28.8 Å². The van der Waals surface area contributed by atoms with Crippen molar-refractivity contribution in [2.24, 2.45) is 0 Å². The number of aryl methyl sites for hydroxylation is 1. The number of rotatable bonds is 7. The predicted molar refractivity (Wildman–Crippen MR) is 186 cm³/mol. The number of nitrogens with one attached hydrogen (secondary N) is 2. The smallest absolute Gasteiger partial charge is 0.410 e. The lowest BCUT2D eigenvalue weighted by Gasteiger charge is -2.43. The molecule has 2 saturated heterocycles. The summed E-state index contributed by atoms with van der Waals surface area (Å²) in [6.45, 7) is 9.26. The molecule has 3 amide bonds. The molecule has 2 aliphatic heterocycles. The van der Waals surface area contributed by atoms with E-state index in [0.29, 0.717) is 62.4 Å². The first-order valence-corrected chi connectivity index (χ1v) is 16.9. The number of ether oxygens (including phenoxy) is 2. The van der Waals surface area contributed by atoms with Gasteiger partial charge in [0.15, 0.2) is 0 Å². The Morgan fingerprint density at radius 1 is 1.02 bits per heavy atom. The van der Waals surface area contributed by atoms with Gasteiger partial charge in [0, 0.05) is 79.3 Å². The van der Waals surface area contributed by atoms with Gasteiger partial charge < -0.3 is 24.6 Å². The zero-order valence-corrected chi connectivity index (χ0v) is 29.2. The second-order valence-electron chi connectivity index (χ2n) is 13.9. The third-order valence-electron chi connectivity index (χ3n) is 9.20. The Morgan fingerprint density at radius 3 is 2.50 bits per heavy atom. The van der Waals surface area contributed by atoms with Crippen molar-refractivity contribution in [1.29, 1.82) is 0 Å². The average molecular weight is 686 g/mol. The van der Waals surface area contributed by atoms with E-state index in [-0.39, 0.29) is 24.4 Å². The number of halogens is 1. The number of H-pyrrole nitrogens is 1. The highest BCUT2D eigenvalue weighted by molar-refractivity contribution is 6.01. The molecule has 2 fully saturated rings. The summed E-state index contributed by atoms with van der Waals surface area (Å²) in [7, 11) is 1.49. The van der Waals surface area contributed by atoms with Gasteiger partial charge in [0.2, 0.25) is 5.91 Å². The van der Waals surface area contributed by atoms with Crippen LogP contribution in [-0.2, 0) is 16.1 Å². The predicted octanol–water partition coefficient (Wildman–Crippen LogP) is 4.92. The Balaban J connectivity index is 1.18. The summed E-state index contributed by atoms with van der Waals surface area (Å²) < 4.78 is 26.2. The number of amides is 3. The second kappa shape index (κ2) is 14.4. The molecule has 0 radical (unpaired) electrons. The maximum atomic E-state index is 15.2. The Kier molecular flexibility index (Phi) is 10.1. The summed E-state index contributed by atoms with van der Waals surface area (Å²) in [5.41, 5.74) is 3.52. The number of pyridine rings is 1. The van der Waals surface area contributed by atoms with Crippen molar-refractivity contribution in [2.75, 3.05) is 39.8 Å². The number of carbonyl (C=O) groups excluding carboxylic acids is 3. The van der Waals surface area contributed by atoms with Crippen LogP contribution in [0, 0.1) is 12.7 Å². The van der Waals surface area contributed by atoms with Gasteiger partial charge >= 0.3 is 6.09 Å². The van der Waals surface area contributed by atoms with Crippen molar-refractivity contribution in [3.05, 3.63) is 77.4 Å². The summed E-state index contributed by atoms with van der Waals surface area (Å²) >= 11 is 0. The maximum Gasteiger partial charge on any atom is 0.410 e. The molecule has 4 aromatic rings. The van der Waals surface area contributed by atoms with Gasteiger partial charge in [-0.1, -0.05) is 6.07 Å². The molecule has 2 aromatic heterocycles. The number of piperidine rings is 1. The van der Waals surface area contributed by atoms with Crippen LogP contribution in [0.5, 0.6) is 5.75 Å². The van der Waals surface area contributed by atoms with E-state index < -0.39 is 23.6 Å². The number of nitrogens with zero attached hydrogens (tertiary/aromatic N) is 5. The highest BCUT2D eigenvalue weighted by atomic mass is 19.1. The number of methoxy groups -OCH3 is 1. The molecule has 4 heterocycles. The van der Waals surface area contributed by atoms with Crippen LogP contribution >= 0.6 is 0 Å². The van der Waals surface area contributed by atoms with E-state index in [1.807, 2.05) is 56.9 Å². The number of hydrogen-bond acceptors (Lipinski definition) is 8. The molecule has 50 heavy (non-hydrogen) atoms. The van der Waals surface area contributed by atoms with Gasteiger partial charge in [-0.15, -0.1) is 0 Å². The zero-order valence-electron chi connectivity index (χ0n) is 29.2. The zero-order chi connectivity index (χ0) is 35.6. The van der Waals surface area contributed by atoms with Crippen LogP contribution in [0.25, 0.3) is 22.2 Å². The Hall–Kier alpha value is -5.04. The quantitative estimate of drug-likeness (QED) is 0.280. The number of fused-ring (bicyclic) bond motifs is 1. The number of carbonyl (C=O) groups is 3. The lowest BCUT2D eigenvalue weighted by atomic mass is 9.95. The van der Waals surface area contributed by atoms with E-state index in [4.69, 9.17) is 9.47 Å². The van der Waals surface area contributed by atoms with Crippen molar-refractivity contribution in [3.8, 4) is 17.0 Å². The summed E-state index contributed by atoms with van der Waals surface area (Å²) in [6, 6.07) is 13.1. The lowest BCUT2D eigenvalue weighted by molar-refractivity contribution is -0.140. The largest absolute Gasteiger partial charge is 0.496 e. The summed E-state index contributed by atoms with van der Waals surface area (Å²) in [4.78, 5) is 49.9. The SMILES string of the molecule is COc1cccc(F)c1CN1C[C@H](NC(=O)c2ccc3[nH]nc(-c4ccnc(C)c4)c3c2)CC[C@H]1C(=O)N1CCN(C(=O)OC(C)(C)C)CC1. The molecule has 2 aromatic carbocycles. The third-order valence-corrected chi connectivity index (χ3v) is 9.20. The third kappa shape index (κ3) is 7.72. The van der Waals surface area contributed by atoms with E-state index in [1.54, 1.807) is 34.2 Å². The first kappa shape index (κ1) is 34.8. The van der Waals surface area contributed by atoms with Crippen molar-refractivity contribution < 1.29 is 28.2 Å². The van der Waals surface area contributed by atoms with Crippen molar-refractivity contribution in [3.63, 3.8) is 0 Å². The van der Waals surface area contributed by atoms with E-state index in [0.717, 1.165) is 27.9 Å². The number of benzene rings is 2. The fourth-order valence-corrected chi connectivity index (χ4v) is 6.69. The van der Waals surface area contributed by atoms with Crippen LogP contribution < -0.4 is 10.1 Å². The van der Waals surface area contributed by atoms with Crippen LogP contribution in [0.1, 0.15) is 55.2 Å². The minimum absolute atomic E-state index is 0.0850. The van der Waals surface area contributed by atoms with E-state index in [1.165, 1.54) is 13.2 Å². The summed E-state index contributed by atoms with van der Waals surface area (Å²) in [6.07, 6.45) is 2.35. The molecule has 0 aliphatic carbocycles. The molecule has 2 aliphatic rings. The average Bonchev–Trinajstić information content (AvgIpc) is 3.52. The van der Waals surface area contributed by atoms with Crippen LogP contribution in [-0.4, -0.2) is 105 Å². The standard InChI is InChI=1S/C37H44FN7O5/c1-23-19-24(13-14-39-23)33-27-20-25(9-11-30(27)41-42-33)34(46)40-26-10-12-31(45(21-26)22-28-29(38)7-6-8-32(28)49-5)35(47)43-15-17-44(18-16-43)36(48)50-37(2,3)4/h6-9,11,13-14,19-20,26,31H,10,12,15-18,21-22H2,1-5H3,(H,40,46)(H,41,42)/t26-,31+/m1/s1. The van der Waals surface area contributed by atoms with Gasteiger partial charge in [-0.25, -0.2) is 9.18 Å². The minimum Gasteiger partial charge on any atom is -0.496 e. The monoisotopic (exact) mass is 685 g/mol. The van der Waals surface area contributed by atoms with Crippen molar-refractivity contribution in [2.45, 2.75) is 64.8 Å². The number of piperazine rings is 1. The van der Waals surface area contributed by atoms with E-state index in [9.17, 15) is 14.4 Å². The maximum absolute atomic E-state index is 15.2. The number of likely N-dealkylation sites (tertiary alicyclic amines) is 1. The normalized spacial score (nSPS) is 18.6. The first-order valence-electron chi connectivity index (χ1n) is 16.9. The van der Waals surface area contributed by atoms with Crippen molar-refractivity contribution in [1.82, 2.24) is 35.2 Å². The van der Waals surface area contributed by atoms with Crippen LogP contribution in [0.15, 0.2) is 54.7 Å². The number of aromatic amines is 1. The molecule has 2 atom stereocenters. The van der Waals surface area contributed by atoms with Gasteiger partial charge in [-0.3, -0.25) is 24.6 Å². The van der Waals surface area contributed by atoms with Crippen LogP contribution in [0.2, 0.25) is 0 Å². The van der Waals surface area contributed by atoms with Crippen LogP contribution in [0.4, 0.5) is 9.18 Å². The molecule has 0 bridgehead atoms. The fraction of sp³-hybridized carbons (Fsp3) is 0.432. The van der Waals surface area contributed by atoms with Gasteiger partial charge in [0.1, 0.15) is 22.9 Å². The Bertz CT molecular complexity index is 1880. The molecule has 0 saturated carbocycles. The highest BCUT2D eigenvalue weighted by Crippen LogP contribution is 2.30. The molecule has 0 unspecified atom stereocenters. The molecule has 13 heteroatoms. The summed E-state index contributed by atoms with van der Waals surface area (Å²) in [5.74, 6) is -0.372. The highest BCUT2D eigenvalue weighted by Gasteiger charge is 2.38. The topological polar surface area (TPSA) is 133 Å². The van der Waals surface area contributed by atoms with E-state index in [2.05, 4.69) is 20.5 Å². The molecular weight excluding hydrogens is 641 g/mol. The van der Waals surface area contributed by atoms with Gasteiger partial charge in [-0.2, -0.15) is 5.10 Å². The Morgan fingerprint density at radius 2 is 1.78 bits per heavy atom. The Labute approximate surface area is 290 Å². The summed E-state index contributed by atoms with van der Waals surface area (Å²) in [5, 5.41) is 11.5. The minimum atomic E-state index is -0.611. The molecule has 0 spiro atoms. The lowest BCUT2D eigenvalue weighted by Crippen LogP contribution is -2.59. The molecule has 2 N–H and O–H groups in total. The number of aromatic nitrogens is 3. The molecule has 264 valence electrons. The number of hydrogen-bond donors (Lipinski definition) is 2. The fourth-order valence-electron chi connectivity index (χ4n) is 6.69. The molecule has 12 nitrogen and oxygen atoms in total. The van der Waals surface area contributed by atoms with E-state index >= 15 is 4.39 Å². The van der Waals surface area contributed by atoms with Gasteiger partial charge in [0.25, 0.3) is 5.91 Å². The second-order valence-corrected chi connectivity index (χ2v) is 13.9. The molecular formula is C37H44FN7O5. The first-order chi connectivity index (χ1) is 23.9. The molecule has 6 rings (SSSR count).